The molecule has 2 aromatic heterocycles. The Balaban J connectivity index is 0.00000423. The Kier molecular flexibility index (Phi) is 9.87. The maximum atomic E-state index is 10.9. The molecule has 5 rings (SSSR count). The molecule has 3 aromatic carbocycles. The average molecular weight is 752 g/mol. The second-order valence-electron chi connectivity index (χ2n) is 12.3. The number of nitrogens with zero attached hydrogens (tertiary/aromatic N) is 3. The first kappa shape index (κ1) is 32.1. The summed E-state index contributed by atoms with van der Waals surface area (Å²) in [5.74, 6) is 1.91. The fourth-order valence-corrected chi connectivity index (χ4v) is 4.76. The minimum absolute atomic E-state index is 0. The molecule has 224 valence electrons. The third-order valence-electron chi connectivity index (χ3n) is 7.35. The molecule has 5 aromatic rings. The van der Waals surface area contributed by atoms with Gasteiger partial charge in [0.05, 0.1) is 11.4 Å². The molecule has 0 aliphatic rings. The summed E-state index contributed by atoms with van der Waals surface area (Å²) in [5, 5.41) is 10.9. The molecule has 0 aliphatic heterocycles. The molecule has 0 aliphatic carbocycles. The van der Waals surface area contributed by atoms with Gasteiger partial charge in [-0.2, -0.15) is 0 Å². The predicted molar refractivity (Wildman–Crippen MR) is 170 cm³/mol. The number of pyridine rings is 1. The zero-order valence-corrected chi connectivity index (χ0v) is 28.0. The van der Waals surface area contributed by atoms with Gasteiger partial charge in [0.25, 0.3) is 0 Å². The number of benzene rings is 3. The molecule has 0 bridgehead atoms. The van der Waals surface area contributed by atoms with E-state index in [9.17, 15) is 5.11 Å². The predicted octanol–water partition coefficient (Wildman–Crippen LogP) is 9.71. The number of aromatic hydroxyl groups is 1. The van der Waals surface area contributed by atoms with Gasteiger partial charge in [0.2, 0.25) is 5.88 Å². The van der Waals surface area contributed by atoms with E-state index in [-0.39, 0.29) is 32.2 Å². The molecular weight excluding hydrogens is 714 g/mol. The van der Waals surface area contributed by atoms with Crippen LogP contribution < -0.4 is 4.74 Å². The molecule has 0 unspecified atom stereocenters. The van der Waals surface area contributed by atoms with Crippen molar-refractivity contribution in [2.24, 2.45) is 0 Å². The first-order chi connectivity index (χ1) is 20.0. The largest absolute Gasteiger partial charge is 0.507 e. The SMILES string of the molecule is CC(C)c1cc(-c2ncc(-c3[c-]c(Oc4ccccn4)cc(C(C)(C)C)c3)nc2-c2ccccc2O)cc(C(C)C)c1.[Pt]. The summed E-state index contributed by atoms with van der Waals surface area (Å²) in [6, 6.07) is 27.0. The van der Waals surface area contributed by atoms with Crippen LogP contribution in [0.15, 0.2) is 85.2 Å². The monoisotopic (exact) mass is 751 g/mol. The summed E-state index contributed by atoms with van der Waals surface area (Å²) >= 11 is 0. The molecule has 0 atom stereocenters. The van der Waals surface area contributed by atoms with Crippen LogP contribution in [0.1, 0.15) is 77.0 Å². The summed E-state index contributed by atoms with van der Waals surface area (Å²) in [5.41, 5.74) is 7.74. The third kappa shape index (κ3) is 7.40. The van der Waals surface area contributed by atoms with Crippen molar-refractivity contribution in [3.05, 3.63) is 108 Å². The Morgan fingerprint density at radius 3 is 2.07 bits per heavy atom. The number of phenolic OH excluding ortho intramolecular Hbond substituents is 1. The molecule has 0 radical (unpaired) electrons. The van der Waals surface area contributed by atoms with Crippen molar-refractivity contribution in [3.8, 4) is 51.2 Å². The summed E-state index contributed by atoms with van der Waals surface area (Å²) < 4.78 is 6.12. The average Bonchev–Trinajstić information content (AvgIpc) is 2.97. The first-order valence-corrected chi connectivity index (χ1v) is 14.5. The number of hydrogen-bond donors (Lipinski definition) is 1. The zero-order valence-electron chi connectivity index (χ0n) is 25.8. The Morgan fingerprint density at radius 1 is 0.791 bits per heavy atom. The number of phenols is 1. The van der Waals surface area contributed by atoms with E-state index in [0.29, 0.717) is 40.4 Å². The first-order valence-electron chi connectivity index (χ1n) is 14.5. The van der Waals surface area contributed by atoms with Crippen LogP contribution in [0.2, 0.25) is 0 Å². The van der Waals surface area contributed by atoms with E-state index in [1.807, 2.05) is 42.5 Å². The van der Waals surface area contributed by atoms with Crippen molar-refractivity contribution >= 4 is 0 Å². The number of aromatic nitrogens is 3. The fraction of sp³-hybridized carbons (Fsp3) is 0.270. The zero-order chi connectivity index (χ0) is 30.0. The maximum Gasteiger partial charge on any atom is 0.217 e. The molecule has 0 amide bonds. The van der Waals surface area contributed by atoms with Crippen LogP contribution in [0.5, 0.6) is 17.4 Å². The minimum atomic E-state index is -0.148. The summed E-state index contributed by atoms with van der Waals surface area (Å²) in [7, 11) is 0. The van der Waals surface area contributed by atoms with Crippen LogP contribution in [0.25, 0.3) is 33.8 Å². The number of para-hydroxylation sites is 1. The molecule has 1 N–H and O–H groups in total. The van der Waals surface area contributed by atoms with Gasteiger partial charge in [-0.1, -0.05) is 84.9 Å². The molecule has 5 nitrogen and oxygen atoms in total. The molecule has 43 heavy (non-hydrogen) atoms. The van der Waals surface area contributed by atoms with Gasteiger partial charge in [0.1, 0.15) is 5.75 Å². The minimum Gasteiger partial charge on any atom is -0.507 e. The van der Waals surface area contributed by atoms with Gasteiger partial charge in [-0.15, -0.1) is 17.2 Å². The Labute approximate surface area is 269 Å². The maximum absolute atomic E-state index is 10.9. The van der Waals surface area contributed by atoms with Crippen LogP contribution in [-0.2, 0) is 26.5 Å². The normalized spacial score (nSPS) is 11.5. The summed E-state index contributed by atoms with van der Waals surface area (Å²) in [6.07, 6.45) is 3.49. The molecule has 2 heterocycles. The van der Waals surface area contributed by atoms with E-state index in [0.717, 1.165) is 22.4 Å². The molecule has 0 fully saturated rings. The standard InChI is InChI=1S/C37H38N3O2.Pt/c1-23(2)25-16-26(24(3)4)18-28(17-25)35-36(31-12-8-9-13-33(31)41)40-32(22-39-35)27-19-29(37(5,6)7)21-30(20-27)42-34-14-10-11-15-38-34;/h8-19,21-24,41H,1-7H3;/q-1;. The second-order valence-corrected chi connectivity index (χ2v) is 12.3. The van der Waals surface area contributed by atoms with E-state index >= 15 is 0 Å². The van der Waals surface area contributed by atoms with Crippen LogP contribution >= 0.6 is 0 Å². The van der Waals surface area contributed by atoms with Gasteiger partial charge in [0.15, 0.2) is 0 Å². The van der Waals surface area contributed by atoms with E-state index in [2.05, 4.69) is 83.8 Å². The summed E-state index contributed by atoms with van der Waals surface area (Å²) in [6.45, 7) is 15.3. The fourth-order valence-electron chi connectivity index (χ4n) is 4.76. The molecule has 0 saturated carbocycles. The van der Waals surface area contributed by atoms with Crippen LogP contribution in [0, 0.1) is 6.07 Å². The molecular formula is C37H38N3O2Pt-. The van der Waals surface area contributed by atoms with Crippen LogP contribution in [-0.4, -0.2) is 20.1 Å². The van der Waals surface area contributed by atoms with Crippen molar-refractivity contribution in [2.45, 2.75) is 65.7 Å². The van der Waals surface area contributed by atoms with Gasteiger partial charge in [0, 0.05) is 62.1 Å². The van der Waals surface area contributed by atoms with Gasteiger partial charge in [-0.05, 0) is 58.7 Å². The van der Waals surface area contributed by atoms with Crippen molar-refractivity contribution in [3.63, 3.8) is 0 Å². The van der Waals surface area contributed by atoms with E-state index < -0.39 is 0 Å². The Hall–Kier alpha value is -3.82. The number of hydrogen-bond acceptors (Lipinski definition) is 5. The smallest absolute Gasteiger partial charge is 0.217 e. The van der Waals surface area contributed by atoms with E-state index in [1.165, 1.54) is 11.1 Å². The quantitative estimate of drug-likeness (QED) is 0.168. The molecule has 0 spiro atoms. The summed E-state index contributed by atoms with van der Waals surface area (Å²) in [4.78, 5) is 14.5. The van der Waals surface area contributed by atoms with Crippen molar-refractivity contribution < 1.29 is 30.9 Å². The Bertz CT molecular complexity index is 1680. The second kappa shape index (κ2) is 13.2. The number of ether oxygens (including phenoxy) is 1. The Morgan fingerprint density at radius 2 is 1.47 bits per heavy atom. The van der Waals surface area contributed by atoms with Gasteiger partial charge in [-0.25, -0.2) is 4.98 Å². The van der Waals surface area contributed by atoms with Gasteiger partial charge < -0.3 is 9.84 Å². The van der Waals surface area contributed by atoms with Crippen LogP contribution in [0.3, 0.4) is 0 Å². The molecule has 6 heteroatoms. The van der Waals surface area contributed by atoms with Crippen molar-refractivity contribution in [2.75, 3.05) is 0 Å². The topological polar surface area (TPSA) is 68.1 Å². The van der Waals surface area contributed by atoms with E-state index in [4.69, 9.17) is 14.7 Å². The van der Waals surface area contributed by atoms with Crippen LogP contribution in [0.4, 0.5) is 0 Å². The number of rotatable bonds is 7. The van der Waals surface area contributed by atoms with Crippen molar-refractivity contribution in [1.29, 1.82) is 0 Å². The third-order valence-corrected chi connectivity index (χ3v) is 7.35. The van der Waals surface area contributed by atoms with Crippen molar-refractivity contribution in [1.82, 2.24) is 15.0 Å². The van der Waals surface area contributed by atoms with E-state index in [1.54, 1.807) is 18.5 Å². The van der Waals surface area contributed by atoms with Gasteiger partial charge >= 0.3 is 0 Å². The molecule has 0 saturated heterocycles. The van der Waals surface area contributed by atoms with Gasteiger partial charge in [-0.3, -0.25) is 9.97 Å².